The molecular formula is C19H24N2O3. The number of hydrogen-bond acceptors (Lipinski definition) is 3. The molecule has 0 aliphatic heterocycles. The highest BCUT2D eigenvalue weighted by Crippen LogP contribution is 2.20. The Hall–Kier alpha value is -2.56. The number of para-hydroxylation sites is 1. The van der Waals surface area contributed by atoms with Crippen LogP contribution in [0.1, 0.15) is 42.0 Å². The average Bonchev–Trinajstić information content (AvgIpc) is 2.82. The van der Waals surface area contributed by atoms with E-state index in [2.05, 4.69) is 5.32 Å². The van der Waals surface area contributed by atoms with Crippen LogP contribution in [0.25, 0.3) is 5.69 Å². The van der Waals surface area contributed by atoms with Crippen molar-refractivity contribution in [1.29, 1.82) is 0 Å². The van der Waals surface area contributed by atoms with Crippen molar-refractivity contribution in [3.8, 4) is 5.69 Å². The maximum Gasteiger partial charge on any atom is 0.307 e. The number of rotatable bonds is 6. The summed E-state index contributed by atoms with van der Waals surface area (Å²) in [7, 11) is 0. The summed E-state index contributed by atoms with van der Waals surface area (Å²) in [6.45, 7) is 7.75. The number of carbonyl (C=O) groups is 2. The van der Waals surface area contributed by atoms with E-state index in [1.165, 1.54) is 0 Å². The van der Waals surface area contributed by atoms with Crippen molar-refractivity contribution < 1.29 is 14.3 Å². The molecule has 0 saturated heterocycles. The van der Waals surface area contributed by atoms with Gasteiger partial charge in [0.15, 0.2) is 0 Å². The molecule has 0 atom stereocenters. The van der Waals surface area contributed by atoms with Gasteiger partial charge in [-0.1, -0.05) is 18.2 Å². The fourth-order valence-electron chi connectivity index (χ4n) is 2.66. The van der Waals surface area contributed by atoms with E-state index in [1.807, 2.05) is 54.8 Å². The summed E-state index contributed by atoms with van der Waals surface area (Å²) in [6, 6.07) is 11.8. The van der Waals surface area contributed by atoms with Gasteiger partial charge in [0, 0.05) is 23.6 Å². The summed E-state index contributed by atoms with van der Waals surface area (Å²) < 4.78 is 7.09. The molecule has 2 aromatic rings. The molecule has 1 amide bonds. The quantitative estimate of drug-likeness (QED) is 0.829. The highest BCUT2D eigenvalue weighted by molar-refractivity contribution is 5.96. The molecule has 1 N–H and O–H groups in total. The van der Waals surface area contributed by atoms with Crippen molar-refractivity contribution in [2.45, 2.75) is 40.2 Å². The number of aryl methyl sites for hydroxylation is 1. The maximum atomic E-state index is 12.4. The fourth-order valence-corrected chi connectivity index (χ4v) is 2.66. The average molecular weight is 328 g/mol. The molecule has 0 saturated carbocycles. The van der Waals surface area contributed by atoms with Crippen LogP contribution >= 0.6 is 0 Å². The predicted octanol–water partition coefficient (Wildman–Crippen LogP) is 3.17. The summed E-state index contributed by atoms with van der Waals surface area (Å²) in [5, 5.41) is 2.78. The summed E-state index contributed by atoms with van der Waals surface area (Å²) >= 11 is 0. The lowest BCUT2D eigenvalue weighted by molar-refractivity contribution is -0.147. The van der Waals surface area contributed by atoms with Crippen molar-refractivity contribution in [1.82, 2.24) is 9.88 Å². The molecular weight excluding hydrogens is 304 g/mol. The van der Waals surface area contributed by atoms with Gasteiger partial charge in [-0.3, -0.25) is 9.59 Å². The third-order valence-electron chi connectivity index (χ3n) is 3.67. The fraction of sp³-hybridized carbons (Fsp3) is 0.368. The molecule has 0 spiro atoms. The third-order valence-corrected chi connectivity index (χ3v) is 3.67. The normalized spacial score (nSPS) is 10.7. The smallest absolute Gasteiger partial charge is 0.307 e. The van der Waals surface area contributed by atoms with Crippen molar-refractivity contribution in [2.24, 2.45) is 0 Å². The zero-order valence-corrected chi connectivity index (χ0v) is 14.6. The predicted molar refractivity (Wildman–Crippen MR) is 93.4 cm³/mol. The summed E-state index contributed by atoms with van der Waals surface area (Å²) in [4.78, 5) is 23.9. The standard InChI is InChI=1S/C19H24N2O3/c1-13(2)24-18(22)10-11-20-19(23)17-12-14(3)21(15(17)4)16-8-6-5-7-9-16/h5-9,12-13H,10-11H2,1-4H3,(H,20,23). The SMILES string of the molecule is Cc1cc(C(=O)NCCC(=O)OC(C)C)c(C)n1-c1ccccc1. The minimum absolute atomic E-state index is 0.141. The van der Waals surface area contributed by atoms with Gasteiger partial charge in [-0.05, 0) is 45.9 Å². The molecule has 5 heteroatoms. The van der Waals surface area contributed by atoms with E-state index in [0.717, 1.165) is 17.1 Å². The Morgan fingerprint density at radius 1 is 1.17 bits per heavy atom. The van der Waals surface area contributed by atoms with E-state index >= 15 is 0 Å². The number of aromatic nitrogens is 1. The Morgan fingerprint density at radius 3 is 2.46 bits per heavy atom. The number of nitrogens with zero attached hydrogens (tertiary/aromatic N) is 1. The van der Waals surface area contributed by atoms with Gasteiger partial charge < -0.3 is 14.6 Å². The van der Waals surface area contributed by atoms with E-state index in [-0.39, 0.29) is 30.9 Å². The zero-order chi connectivity index (χ0) is 17.7. The number of amides is 1. The van der Waals surface area contributed by atoms with Crippen LogP contribution in [0.15, 0.2) is 36.4 Å². The number of esters is 1. The van der Waals surface area contributed by atoms with Crippen LogP contribution in [-0.2, 0) is 9.53 Å². The highest BCUT2D eigenvalue weighted by atomic mass is 16.5. The molecule has 0 unspecified atom stereocenters. The zero-order valence-electron chi connectivity index (χ0n) is 14.6. The van der Waals surface area contributed by atoms with Crippen molar-refractivity contribution in [3.05, 3.63) is 53.3 Å². The number of ether oxygens (including phenoxy) is 1. The Kier molecular flexibility index (Phi) is 5.79. The molecule has 1 heterocycles. The van der Waals surface area contributed by atoms with E-state index in [4.69, 9.17) is 4.74 Å². The topological polar surface area (TPSA) is 60.3 Å². The van der Waals surface area contributed by atoms with E-state index in [0.29, 0.717) is 5.56 Å². The van der Waals surface area contributed by atoms with E-state index < -0.39 is 0 Å². The first-order chi connectivity index (χ1) is 11.4. The Balaban J connectivity index is 2.05. The third kappa shape index (κ3) is 4.25. The van der Waals surface area contributed by atoms with Gasteiger partial charge in [-0.25, -0.2) is 0 Å². The lowest BCUT2D eigenvalue weighted by Crippen LogP contribution is -2.27. The molecule has 5 nitrogen and oxygen atoms in total. The molecule has 128 valence electrons. The molecule has 2 rings (SSSR count). The van der Waals surface area contributed by atoms with E-state index in [9.17, 15) is 9.59 Å². The van der Waals surface area contributed by atoms with E-state index in [1.54, 1.807) is 13.8 Å². The number of carbonyl (C=O) groups excluding carboxylic acids is 2. The second-order valence-corrected chi connectivity index (χ2v) is 6.00. The van der Waals surface area contributed by atoms with Gasteiger partial charge in [-0.15, -0.1) is 0 Å². The van der Waals surface area contributed by atoms with Crippen molar-refractivity contribution in [3.63, 3.8) is 0 Å². The second kappa shape index (κ2) is 7.81. The van der Waals surface area contributed by atoms with Crippen LogP contribution in [0.3, 0.4) is 0 Å². The molecule has 0 bridgehead atoms. The molecule has 1 aromatic carbocycles. The Morgan fingerprint density at radius 2 is 1.83 bits per heavy atom. The lowest BCUT2D eigenvalue weighted by atomic mass is 10.2. The first-order valence-electron chi connectivity index (χ1n) is 8.12. The van der Waals surface area contributed by atoms with Crippen molar-refractivity contribution >= 4 is 11.9 Å². The second-order valence-electron chi connectivity index (χ2n) is 6.00. The summed E-state index contributed by atoms with van der Waals surface area (Å²) in [6.07, 6.45) is 0.0273. The van der Waals surface area contributed by atoms with Gasteiger partial charge >= 0.3 is 5.97 Å². The monoisotopic (exact) mass is 328 g/mol. The highest BCUT2D eigenvalue weighted by Gasteiger charge is 2.16. The van der Waals surface area contributed by atoms with Crippen molar-refractivity contribution in [2.75, 3.05) is 6.54 Å². The number of hydrogen-bond donors (Lipinski definition) is 1. The molecule has 0 aliphatic carbocycles. The van der Waals surface area contributed by atoms with Gasteiger partial charge in [0.1, 0.15) is 0 Å². The first-order valence-corrected chi connectivity index (χ1v) is 8.12. The number of benzene rings is 1. The summed E-state index contributed by atoms with van der Waals surface area (Å²) in [5.74, 6) is -0.484. The molecule has 0 fully saturated rings. The number of nitrogens with one attached hydrogen (secondary N) is 1. The lowest BCUT2D eigenvalue weighted by Gasteiger charge is -2.10. The molecule has 1 aromatic heterocycles. The summed E-state index contributed by atoms with van der Waals surface area (Å²) in [5.41, 5.74) is 3.50. The minimum Gasteiger partial charge on any atom is -0.463 e. The Labute approximate surface area is 142 Å². The Bertz CT molecular complexity index is 718. The van der Waals surface area contributed by atoms with Crippen LogP contribution in [0, 0.1) is 13.8 Å². The van der Waals surface area contributed by atoms with Gasteiger partial charge in [0.2, 0.25) is 0 Å². The maximum absolute atomic E-state index is 12.4. The molecule has 0 radical (unpaired) electrons. The van der Waals surface area contributed by atoms with Crippen LogP contribution in [0.2, 0.25) is 0 Å². The van der Waals surface area contributed by atoms with Gasteiger partial charge in [0.05, 0.1) is 18.1 Å². The van der Waals surface area contributed by atoms with Gasteiger partial charge in [0.25, 0.3) is 5.91 Å². The molecule has 24 heavy (non-hydrogen) atoms. The van der Waals surface area contributed by atoms with Crippen LogP contribution in [0.5, 0.6) is 0 Å². The minimum atomic E-state index is -0.306. The van der Waals surface area contributed by atoms with Crippen LogP contribution in [0.4, 0.5) is 0 Å². The van der Waals surface area contributed by atoms with Gasteiger partial charge in [-0.2, -0.15) is 0 Å². The largest absolute Gasteiger partial charge is 0.463 e. The van der Waals surface area contributed by atoms with Crippen LogP contribution < -0.4 is 5.32 Å². The first kappa shape index (κ1) is 17.8. The van der Waals surface area contributed by atoms with Crippen LogP contribution in [-0.4, -0.2) is 29.1 Å². The molecule has 0 aliphatic rings.